The van der Waals surface area contributed by atoms with Crippen molar-refractivity contribution in [1.82, 2.24) is 4.98 Å². The molecule has 0 bridgehead atoms. The number of hydrogen-bond acceptors (Lipinski definition) is 3. The van der Waals surface area contributed by atoms with E-state index in [4.69, 9.17) is 17.3 Å². The zero-order valence-electron chi connectivity index (χ0n) is 7.19. The Morgan fingerprint density at radius 1 is 1.53 bits per heavy atom. The zero-order chi connectivity index (χ0) is 11.6. The number of hydrogen-bond donors (Lipinski definition) is 2. The molecular weight excluding hydrogens is 237 g/mol. The minimum Gasteiger partial charge on any atom is -0.405 e. The summed E-state index contributed by atoms with van der Waals surface area (Å²) in [6, 6.07) is 0.854. The number of aromatic nitrogens is 1. The lowest BCUT2D eigenvalue weighted by Gasteiger charge is -2.11. The van der Waals surface area contributed by atoms with Crippen LogP contribution in [0, 0.1) is 0 Å². The van der Waals surface area contributed by atoms with E-state index >= 15 is 0 Å². The number of nitrogens with two attached hydrogens (primary N) is 1. The lowest BCUT2D eigenvalue weighted by molar-refractivity contribution is -0.274. The third kappa shape index (κ3) is 3.05. The van der Waals surface area contributed by atoms with Crippen LogP contribution in [0.25, 0.3) is 0 Å². The maximum absolute atomic E-state index is 11.9. The van der Waals surface area contributed by atoms with E-state index in [0.29, 0.717) is 0 Å². The monoisotopic (exact) mass is 242 g/mol. The van der Waals surface area contributed by atoms with Gasteiger partial charge in [0.2, 0.25) is 0 Å². The molecule has 15 heavy (non-hydrogen) atoms. The first-order chi connectivity index (χ1) is 6.83. The molecule has 0 saturated heterocycles. The molecule has 0 fully saturated rings. The van der Waals surface area contributed by atoms with Crippen molar-refractivity contribution < 1.29 is 17.9 Å². The number of halogens is 4. The van der Waals surface area contributed by atoms with E-state index < -0.39 is 23.6 Å². The van der Waals surface area contributed by atoms with Gasteiger partial charge in [0.15, 0.2) is 0 Å². The molecule has 0 aliphatic rings. The number of rotatable bonds is 2. The largest absolute Gasteiger partial charge is 0.573 e. The van der Waals surface area contributed by atoms with Crippen LogP contribution in [0.4, 0.5) is 19.0 Å². The van der Waals surface area contributed by atoms with E-state index in [1.165, 1.54) is 0 Å². The Morgan fingerprint density at radius 3 is 2.60 bits per heavy atom. The number of aromatic amines is 1. The molecule has 4 nitrogen and oxygen atoms in total. The first-order valence-corrected chi connectivity index (χ1v) is 4.20. The summed E-state index contributed by atoms with van der Waals surface area (Å²) < 4.78 is 39.3. The van der Waals surface area contributed by atoms with Crippen molar-refractivity contribution in [2.75, 3.05) is 5.73 Å². The predicted octanol–water partition coefficient (Wildman–Crippen LogP) is 1.59. The highest BCUT2D eigenvalue weighted by Crippen LogP contribution is 2.26. The van der Waals surface area contributed by atoms with Gasteiger partial charge in [0.25, 0.3) is 5.56 Å². The van der Waals surface area contributed by atoms with E-state index in [1.54, 1.807) is 0 Å². The molecule has 84 valence electrons. The number of pyridine rings is 1. The fraction of sp³-hybridized carbons (Fsp3) is 0.286. The first-order valence-electron chi connectivity index (χ1n) is 3.67. The molecular formula is C7H6ClF3N2O2. The molecule has 0 saturated carbocycles. The summed E-state index contributed by atoms with van der Waals surface area (Å²) in [6.07, 6.45) is -4.89. The third-order valence-electron chi connectivity index (χ3n) is 1.48. The summed E-state index contributed by atoms with van der Waals surface area (Å²) in [5, 5.41) is 0. The second-order valence-electron chi connectivity index (χ2n) is 2.58. The Kier molecular flexibility index (Phi) is 3.13. The second-order valence-corrected chi connectivity index (χ2v) is 2.85. The summed E-state index contributed by atoms with van der Waals surface area (Å²) in [6.45, 7) is 0. The number of nitrogen functional groups attached to an aromatic ring is 1. The van der Waals surface area contributed by atoms with Crippen LogP contribution < -0.4 is 16.0 Å². The fourth-order valence-electron chi connectivity index (χ4n) is 0.925. The van der Waals surface area contributed by atoms with Gasteiger partial charge >= 0.3 is 6.36 Å². The van der Waals surface area contributed by atoms with Gasteiger partial charge in [-0.25, -0.2) is 0 Å². The predicted molar refractivity (Wildman–Crippen MR) is 47.7 cm³/mol. The molecule has 3 N–H and O–H groups in total. The lowest BCUT2D eigenvalue weighted by atomic mass is 10.3. The van der Waals surface area contributed by atoms with Crippen molar-refractivity contribution in [3.63, 3.8) is 0 Å². The molecule has 0 aliphatic carbocycles. The smallest absolute Gasteiger partial charge is 0.405 e. The highest BCUT2D eigenvalue weighted by atomic mass is 35.5. The molecule has 0 aliphatic heterocycles. The number of H-pyrrole nitrogens is 1. The maximum atomic E-state index is 11.9. The molecule has 8 heteroatoms. The van der Waals surface area contributed by atoms with Crippen molar-refractivity contribution >= 4 is 17.4 Å². The van der Waals surface area contributed by atoms with Crippen LogP contribution in [0.3, 0.4) is 0 Å². The summed E-state index contributed by atoms with van der Waals surface area (Å²) in [5.74, 6) is -1.31. The highest BCUT2D eigenvalue weighted by molar-refractivity contribution is 6.17. The first kappa shape index (κ1) is 11.7. The van der Waals surface area contributed by atoms with Gasteiger partial charge in [0.05, 0.1) is 11.4 Å². The minimum atomic E-state index is -4.89. The second kappa shape index (κ2) is 4.01. The molecule has 0 amide bonds. The molecule has 1 aromatic heterocycles. The number of ether oxygens (including phenoxy) is 1. The van der Waals surface area contributed by atoms with Crippen LogP contribution in [0.2, 0.25) is 0 Å². The van der Waals surface area contributed by atoms with Crippen LogP contribution in [-0.2, 0) is 5.88 Å². The number of nitrogens with one attached hydrogen (secondary N) is 1. The van der Waals surface area contributed by atoms with E-state index in [-0.39, 0.29) is 11.4 Å². The van der Waals surface area contributed by atoms with E-state index in [1.807, 2.05) is 0 Å². The normalized spacial score (nSPS) is 11.5. The highest BCUT2D eigenvalue weighted by Gasteiger charge is 2.32. The minimum absolute atomic E-state index is 0.229. The van der Waals surface area contributed by atoms with Crippen molar-refractivity contribution in [2.24, 2.45) is 0 Å². The maximum Gasteiger partial charge on any atom is 0.573 e. The summed E-state index contributed by atoms with van der Waals surface area (Å²) in [5.41, 5.74) is 4.04. The Morgan fingerprint density at radius 2 is 2.13 bits per heavy atom. The average molecular weight is 243 g/mol. The van der Waals surface area contributed by atoms with Crippen LogP contribution in [0.1, 0.15) is 5.56 Å². The van der Waals surface area contributed by atoms with Crippen molar-refractivity contribution in [2.45, 2.75) is 12.2 Å². The van der Waals surface area contributed by atoms with Gasteiger partial charge in [-0.15, -0.1) is 24.8 Å². The van der Waals surface area contributed by atoms with E-state index in [0.717, 1.165) is 6.07 Å². The lowest BCUT2D eigenvalue weighted by Crippen LogP contribution is -2.22. The van der Waals surface area contributed by atoms with Crippen LogP contribution in [0.15, 0.2) is 10.9 Å². The topological polar surface area (TPSA) is 68.1 Å². The molecule has 0 radical (unpaired) electrons. The zero-order valence-corrected chi connectivity index (χ0v) is 7.95. The van der Waals surface area contributed by atoms with Crippen molar-refractivity contribution in [3.8, 4) is 5.75 Å². The SMILES string of the molecule is Nc1cc(OC(F)(F)F)c(CCl)c(=O)[nH]1. The summed E-state index contributed by atoms with van der Waals surface area (Å²) in [7, 11) is 0. The fourth-order valence-corrected chi connectivity index (χ4v) is 1.18. The van der Waals surface area contributed by atoms with Gasteiger partial charge in [0.1, 0.15) is 11.6 Å². The van der Waals surface area contributed by atoms with Crippen LogP contribution in [0.5, 0.6) is 5.75 Å². The molecule has 0 atom stereocenters. The Bertz CT molecular complexity index is 416. The third-order valence-corrected chi connectivity index (χ3v) is 1.74. The van der Waals surface area contributed by atoms with Crippen LogP contribution >= 0.6 is 11.6 Å². The molecule has 0 aromatic carbocycles. The van der Waals surface area contributed by atoms with Crippen LogP contribution in [-0.4, -0.2) is 11.3 Å². The quantitative estimate of drug-likeness (QED) is 0.774. The Balaban J connectivity index is 3.21. The summed E-state index contributed by atoms with van der Waals surface area (Å²) in [4.78, 5) is 13.2. The molecule has 0 unspecified atom stereocenters. The molecule has 1 heterocycles. The van der Waals surface area contributed by atoms with Gasteiger partial charge in [-0.05, 0) is 0 Å². The van der Waals surface area contributed by atoms with Crippen molar-refractivity contribution in [3.05, 3.63) is 22.0 Å². The van der Waals surface area contributed by atoms with E-state index in [2.05, 4.69) is 9.72 Å². The average Bonchev–Trinajstić information content (AvgIpc) is 1.99. The molecule has 0 spiro atoms. The molecule has 1 aromatic rings. The van der Waals surface area contributed by atoms with Gasteiger partial charge in [-0.3, -0.25) is 4.79 Å². The number of anilines is 1. The Hall–Kier alpha value is -1.37. The molecule has 1 rings (SSSR count). The van der Waals surface area contributed by atoms with Gasteiger partial charge in [-0.1, -0.05) is 0 Å². The van der Waals surface area contributed by atoms with Gasteiger partial charge in [-0.2, -0.15) is 0 Å². The number of alkyl halides is 4. The van der Waals surface area contributed by atoms with E-state index in [9.17, 15) is 18.0 Å². The standard InChI is InChI=1S/C7H6ClF3N2O2/c8-2-3-4(15-7(9,10)11)1-5(12)13-6(3)14/h1H,2H2,(H3,12,13,14). The van der Waals surface area contributed by atoms with Gasteiger partial charge in [0, 0.05) is 6.07 Å². The van der Waals surface area contributed by atoms with Crippen molar-refractivity contribution in [1.29, 1.82) is 0 Å². The summed E-state index contributed by atoms with van der Waals surface area (Å²) >= 11 is 5.31. The van der Waals surface area contributed by atoms with Gasteiger partial charge < -0.3 is 15.5 Å². The Labute approximate surface area is 86.8 Å².